The van der Waals surface area contributed by atoms with Crippen molar-refractivity contribution in [2.75, 3.05) is 0 Å². The molecule has 3 unspecified atom stereocenters. The lowest BCUT2D eigenvalue weighted by Gasteiger charge is -2.04. The van der Waals surface area contributed by atoms with Crippen LogP contribution in [-0.4, -0.2) is 18.7 Å². The van der Waals surface area contributed by atoms with E-state index in [4.69, 9.17) is 7.85 Å². The first-order valence-corrected chi connectivity index (χ1v) is 4.14. The Labute approximate surface area is 65.6 Å². The van der Waals surface area contributed by atoms with Gasteiger partial charge in [-0.1, -0.05) is 13.8 Å². The molecule has 0 bridgehead atoms. The molecule has 0 amide bonds. The lowest BCUT2D eigenvalue weighted by Crippen LogP contribution is -2.15. The fraction of sp³-hybridized carbons (Fsp3) is 0.857. The monoisotopic (exact) mass is 154 g/mol. The van der Waals surface area contributed by atoms with Crippen molar-refractivity contribution in [2.24, 2.45) is 11.8 Å². The zero-order valence-electron chi connectivity index (χ0n) is 6.42. The van der Waals surface area contributed by atoms with Crippen molar-refractivity contribution in [1.29, 1.82) is 0 Å². The summed E-state index contributed by atoms with van der Waals surface area (Å²) in [5.41, 5.74) is 0. The summed E-state index contributed by atoms with van der Waals surface area (Å²) in [6.45, 7) is 3.84. The van der Waals surface area contributed by atoms with Crippen molar-refractivity contribution in [3.8, 4) is 0 Å². The van der Waals surface area contributed by atoms with E-state index in [1.54, 1.807) is 0 Å². The molecule has 1 rings (SSSR count). The van der Waals surface area contributed by atoms with Crippen LogP contribution in [0.15, 0.2) is 0 Å². The molecule has 0 aliphatic heterocycles. The van der Waals surface area contributed by atoms with E-state index >= 15 is 0 Å². The highest BCUT2D eigenvalue weighted by molar-refractivity contribution is 7.23. The minimum atomic E-state index is -0.263. The summed E-state index contributed by atoms with van der Waals surface area (Å²) >= 11 is 0. The van der Waals surface area contributed by atoms with E-state index in [0.29, 0.717) is 5.78 Å². The largest absolute Gasteiger partial charge is 0.299 e. The fourth-order valence-corrected chi connectivity index (χ4v) is 1.46. The Morgan fingerprint density at radius 1 is 1.80 bits per heavy atom. The van der Waals surface area contributed by atoms with E-state index in [9.17, 15) is 4.79 Å². The summed E-state index contributed by atoms with van der Waals surface area (Å²) in [6.07, 6.45) is 0.842. The predicted octanol–water partition coefficient (Wildman–Crippen LogP) is 0.971. The van der Waals surface area contributed by atoms with Gasteiger partial charge in [0.1, 0.15) is 5.78 Å². The highest BCUT2D eigenvalue weighted by Crippen LogP contribution is 2.49. The van der Waals surface area contributed by atoms with Gasteiger partial charge in [0.05, 0.1) is 7.85 Å². The Hall–Kier alpha value is 0.165. The Kier molecular flexibility index (Phi) is 1.93. The summed E-state index contributed by atoms with van der Waals surface area (Å²) in [5.74, 6) is 0.547. The van der Waals surface area contributed by atoms with Crippen LogP contribution < -0.4 is 0 Å². The second kappa shape index (κ2) is 2.34. The van der Waals surface area contributed by atoms with Gasteiger partial charge in [-0.25, -0.2) is 0 Å². The highest BCUT2D eigenvalue weighted by atomic mass is 31.0. The van der Waals surface area contributed by atoms with Crippen molar-refractivity contribution in [1.82, 2.24) is 0 Å². The smallest absolute Gasteiger partial charge is 0.138 e. The molecule has 0 aromatic heterocycles. The summed E-state index contributed by atoms with van der Waals surface area (Å²) in [5, 5.41) is -0.263. The number of hydrogen-bond acceptors (Lipinski definition) is 1. The molecule has 1 aliphatic rings. The van der Waals surface area contributed by atoms with Gasteiger partial charge in [0.25, 0.3) is 0 Å². The maximum Gasteiger partial charge on any atom is 0.138 e. The number of carbonyl (C=O) groups is 1. The summed E-state index contributed by atoms with van der Waals surface area (Å²) in [7, 11) is 8.23. The third-order valence-electron chi connectivity index (χ3n) is 1.96. The van der Waals surface area contributed by atoms with Crippen molar-refractivity contribution >= 4 is 22.9 Å². The van der Waals surface area contributed by atoms with Gasteiger partial charge in [0.2, 0.25) is 0 Å². The zero-order valence-corrected chi connectivity index (χ0v) is 7.58. The predicted molar refractivity (Wildman–Crippen MR) is 46.1 cm³/mol. The Morgan fingerprint density at radius 3 is 2.30 bits per heavy atom. The topological polar surface area (TPSA) is 17.1 Å². The van der Waals surface area contributed by atoms with E-state index < -0.39 is 0 Å². The van der Waals surface area contributed by atoms with Crippen LogP contribution in [-0.2, 0) is 4.79 Å². The molecule has 54 valence electrons. The minimum absolute atomic E-state index is 0.109. The van der Waals surface area contributed by atoms with E-state index in [1.807, 2.05) is 13.8 Å². The molecule has 0 saturated heterocycles. The van der Waals surface area contributed by atoms with Gasteiger partial charge in [-0.2, -0.15) is 0 Å². The van der Waals surface area contributed by atoms with Crippen molar-refractivity contribution in [3.63, 3.8) is 0 Å². The van der Waals surface area contributed by atoms with Crippen LogP contribution in [0.1, 0.15) is 20.3 Å². The third-order valence-corrected chi connectivity index (χ3v) is 2.60. The Balaban J connectivity index is 2.48. The summed E-state index contributed by atoms with van der Waals surface area (Å²) < 4.78 is 0. The quantitative estimate of drug-likeness (QED) is 0.427. The first-order chi connectivity index (χ1) is 4.45. The van der Waals surface area contributed by atoms with Crippen LogP contribution in [0.5, 0.6) is 0 Å². The van der Waals surface area contributed by atoms with Crippen LogP contribution in [0.4, 0.5) is 0 Å². The molecule has 2 radical (unpaired) electrons. The van der Waals surface area contributed by atoms with Crippen LogP contribution >= 0.6 is 9.24 Å². The summed E-state index contributed by atoms with van der Waals surface area (Å²) in [4.78, 5) is 11.2. The highest BCUT2D eigenvalue weighted by Gasteiger charge is 2.50. The summed E-state index contributed by atoms with van der Waals surface area (Å²) in [6, 6.07) is 0. The van der Waals surface area contributed by atoms with Crippen LogP contribution in [0.2, 0.25) is 0 Å². The lowest BCUT2D eigenvalue weighted by molar-refractivity contribution is -0.123. The molecule has 1 nitrogen and oxygen atoms in total. The van der Waals surface area contributed by atoms with Gasteiger partial charge in [0, 0.05) is 11.8 Å². The lowest BCUT2D eigenvalue weighted by atomic mass is 9.94. The standard InChI is InChI=1S/C7H12BOP/c1-4(2)6(9)5-3-7(5,8)10/h4-5H,3,10H2,1-2H3. The van der Waals surface area contributed by atoms with E-state index in [1.165, 1.54) is 0 Å². The zero-order chi connectivity index (χ0) is 7.94. The molecule has 1 aliphatic carbocycles. The normalized spacial score (nSPS) is 38.2. The van der Waals surface area contributed by atoms with Crippen molar-refractivity contribution in [3.05, 3.63) is 0 Å². The van der Waals surface area contributed by atoms with Crippen molar-refractivity contribution in [2.45, 2.75) is 25.3 Å². The van der Waals surface area contributed by atoms with Gasteiger partial charge >= 0.3 is 0 Å². The molecule has 0 N–H and O–H groups in total. The molecular weight excluding hydrogens is 142 g/mol. The number of Topliss-reactive ketones (excluding diaryl/α,β-unsaturated/α-hetero) is 1. The van der Waals surface area contributed by atoms with Crippen LogP contribution in [0.25, 0.3) is 0 Å². The molecule has 10 heavy (non-hydrogen) atoms. The number of hydrogen-bond donors (Lipinski definition) is 0. The van der Waals surface area contributed by atoms with Gasteiger partial charge in [0.15, 0.2) is 0 Å². The van der Waals surface area contributed by atoms with Gasteiger partial charge in [-0.3, -0.25) is 4.79 Å². The molecule has 0 aromatic carbocycles. The molecule has 0 heterocycles. The molecule has 1 fully saturated rings. The molecule has 3 atom stereocenters. The third kappa shape index (κ3) is 1.42. The first-order valence-electron chi connectivity index (χ1n) is 3.56. The van der Waals surface area contributed by atoms with Crippen LogP contribution in [0.3, 0.4) is 0 Å². The SMILES string of the molecule is [B]C1(P)CC1C(=O)C(C)C. The molecule has 0 aromatic rings. The molecule has 1 saturated carbocycles. The molecule has 0 spiro atoms. The van der Waals surface area contributed by atoms with E-state index in [2.05, 4.69) is 9.24 Å². The van der Waals surface area contributed by atoms with E-state index in [-0.39, 0.29) is 16.9 Å². The fourth-order valence-electron chi connectivity index (χ4n) is 1.06. The maximum absolute atomic E-state index is 11.2. The Morgan fingerprint density at radius 2 is 2.20 bits per heavy atom. The number of carbonyl (C=O) groups excluding carboxylic acids is 1. The number of rotatable bonds is 2. The second-order valence-corrected chi connectivity index (χ2v) is 4.50. The van der Waals surface area contributed by atoms with Crippen molar-refractivity contribution < 1.29 is 4.79 Å². The maximum atomic E-state index is 11.2. The van der Waals surface area contributed by atoms with Gasteiger partial charge < -0.3 is 0 Å². The average Bonchev–Trinajstić information content (AvgIpc) is 2.38. The number of ketones is 1. The second-order valence-electron chi connectivity index (χ2n) is 3.43. The Bertz CT molecular complexity index is 165. The molecular formula is C7H12BOP. The minimum Gasteiger partial charge on any atom is -0.299 e. The van der Waals surface area contributed by atoms with Crippen LogP contribution in [0, 0.1) is 11.8 Å². The van der Waals surface area contributed by atoms with E-state index in [0.717, 1.165) is 6.42 Å². The first kappa shape index (κ1) is 8.26. The van der Waals surface area contributed by atoms with Gasteiger partial charge in [-0.05, 0) is 11.5 Å². The van der Waals surface area contributed by atoms with Gasteiger partial charge in [-0.15, -0.1) is 9.24 Å². The average molecular weight is 154 g/mol. The molecule has 3 heteroatoms.